The molecule has 0 aromatic rings. The minimum Gasteiger partial charge on any atom is -0.330 e. The number of rotatable bonds is 6. The molecule has 1 aliphatic rings. The van der Waals surface area contributed by atoms with Crippen molar-refractivity contribution < 1.29 is 0 Å². The van der Waals surface area contributed by atoms with Crippen molar-refractivity contribution in [3.8, 4) is 0 Å². The lowest BCUT2D eigenvalue weighted by Crippen LogP contribution is -2.31. The maximum absolute atomic E-state index is 5.57. The van der Waals surface area contributed by atoms with Gasteiger partial charge in [-0.3, -0.25) is 0 Å². The van der Waals surface area contributed by atoms with Crippen LogP contribution in [-0.2, 0) is 0 Å². The first kappa shape index (κ1) is 13.0. The molecule has 0 saturated heterocycles. The SMILES string of the molecule is CC(CCN)CN(C)CC1CCCCC1. The second-order valence-electron chi connectivity index (χ2n) is 5.41. The fourth-order valence-corrected chi connectivity index (χ4v) is 2.79. The van der Waals surface area contributed by atoms with Crippen molar-refractivity contribution >= 4 is 0 Å². The second-order valence-corrected chi connectivity index (χ2v) is 5.41. The molecule has 2 N–H and O–H groups in total. The number of hydrogen-bond donors (Lipinski definition) is 1. The fraction of sp³-hybridized carbons (Fsp3) is 1.00. The highest BCUT2D eigenvalue weighted by Crippen LogP contribution is 2.24. The average molecular weight is 212 g/mol. The van der Waals surface area contributed by atoms with Crippen LogP contribution in [0.2, 0.25) is 0 Å². The van der Waals surface area contributed by atoms with Crippen LogP contribution in [-0.4, -0.2) is 31.6 Å². The van der Waals surface area contributed by atoms with Gasteiger partial charge in [0.15, 0.2) is 0 Å². The smallest absolute Gasteiger partial charge is 0.000672 e. The summed E-state index contributed by atoms with van der Waals surface area (Å²) in [5.74, 6) is 1.72. The van der Waals surface area contributed by atoms with Gasteiger partial charge in [-0.15, -0.1) is 0 Å². The summed E-state index contributed by atoms with van der Waals surface area (Å²) in [7, 11) is 2.27. The maximum Gasteiger partial charge on any atom is 0.000672 e. The molecule has 1 rings (SSSR count). The molecule has 0 spiro atoms. The summed E-state index contributed by atoms with van der Waals surface area (Å²) in [6, 6.07) is 0. The lowest BCUT2D eigenvalue weighted by atomic mass is 9.89. The van der Waals surface area contributed by atoms with Gasteiger partial charge in [-0.05, 0) is 44.7 Å². The summed E-state index contributed by atoms with van der Waals surface area (Å²) < 4.78 is 0. The van der Waals surface area contributed by atoms with Crippen molar-refractivity contribution in [2.45, 2.75) is 45.4 Å². The number of nitrogens with zero attached hydrogens (tertiary/aromatic N) is 1. The molecule has 1 atom stereocenters. The third-order valence-corrected chi connectivity index (χ3v) is 3.58. The van der Waals surface area contributed by atoms with Crippen LogP contribution in [0.25, 0.3) is 0 Å². The Morgan fingerprint density at radius 3 is 2.53 bits per heavy atom. The summed E-state index contributed by atoms with van der Waals surface area (Å²) in [4.78, 5) is 2.51. The molecular formula is C13H28N2. The molecule has 0 aromatic heterocycles. The van der Waals surface area contributed by atoms with Crippen LogP contribution < -0.4 is 5.73 Å². The van der Waals surface area contributed by atoms with E-state index in [9.17, 15) is 0 Å². The van der Waals surface area contributed by atoms with Gasteiger partial charge in [-0.25, -0.2) is 0 Å². The Bertz CT molecular complexity index is 153. The zero-order valence-corrected chi connectivity index (χ0v) is 10.5. The van der Waals surface area contributed by atoms with Gasteiger partial charge in [0.2, 0.25) is 0 Å². The Balaban J connectivity index is 2.13. The molecule has 1 aliphatic carbocycles. The predicted octanol–water partition coefficient (Wildman–Crippen LogP) is 2.48. The van der Waals surface area contributed by atoms with Gasteiger partial charge in [0.25, 0.3) is 0 Å². The Labute approximate surface area is 95.2 Å². The Hall–Kier alpha value is -0.0800. The summed E-state index contributed by atoms with van der Waals surface area (Å²) in [5, 5.41) is 0. The van der Waals surface area contributed by atoms with E-state index in [1.165, 1.54) is 45.2 Å². The highest BCUT2D eigenvalue weighted by molar-refractivity contribution is 4.70. The summed E-state index contributed by atoms with van der Waals surface area (Å²) in [6.45, 7) is 5.66. The van der Waals surface area contributed by atoms with E-state index in [0.717, 1.165) is 24.8 Å². The molecule has 0 aromatic carbocycles. The van der Waals surface area contributed by atoms with Crippen LogP contribution in [0.5, 0.6) is 0 Å². The molecular weight excluding hydrogens is 184 g/mol. The molecule has 2 heteroatoms. The van der Waals surface area contributed by atoms with Crippen LogP contribution >= 0.6 is 0 Å². The molecule has 0 radical (unpaired) electrons. The molecule has 2 nitrogen and oxygen atoms in total. The first-order valence-corrected chi connectivity index (χ1v) is 6.61. The zero-order valence-electron chi connectivity index (χ0n) is 10.5. The lowest BCUT2D eigenvalue weighted by Gasteiger charge is -2.28. The monoisotopic (exact) mass is 212 g/mol. The fourth-order valence-electron chi connectivity index (χ4n) is 2.79. The molecule has 1 fully saturated rings. The third-order valence-electron chi connectivity index (χ3n) is 3.58. The molecule has 0 bridgehead atoms. The predicted molar refractivity (Wildman–Crippen MR) is 66.9 cm³/mol. The molecule has 1 saturated carbocycles. The zero-order chi connectivity index (χ0) is 11.1. The van der Waals surface area contributed by atoms with Crippen LogP contribution in [0.15, 0.2) is 0 Å². The topological polar surface area (TPSA) is 29.3 Å². The number of nitrogens with two attached hydrogens (primary N) is 1. The molecule has 0 amide bonds. The highest BCUT2D eigenvalue weighted by atomic mass is 15.1. The van der Waals surface area contributed by atoms with E-state index in [4.69, 9.17) is 5.73 Å². The normalized spacial score (nSPS) is 20.8. The maximum atomic E-state index is 5.57. The van der Waals surface area contributed by atoms with E-state index in [1.807, 2.05) is 0 Å². The summed E-state index contributed by atoms with van der Waals surface area (Å²) in [6.07, 6.45) is 8.44. The second kappa shape index (κ2) is 7.24. The van der Waals surface area contributed by atoms with Crippen molar-refractivity contribution in [3.63, 3.8) is 0 Å². The Morgan fingerprint density at radius 2 is 1.93 bits per heavy atom. The van der Waals surface area contributed by atoms with Crippen LogP contribution in [0.4, 0.5) is 0 Å². The summed E-state index contributed by atoms with van der Waals surface area (Å²) >= 11 is 0. The van der Waals surface area contributed by atoms with Gasteiger partial charge in [0, 0.05) is 13.1 Å². The van der Waals surface area contributed by atoms with E-state index < -0.39 is 0 Å². The van der Waals surface area contributed by atoms with Crippen LogP contribution in [0.3, 0.4) is 0 Å². The molecule has 90 valence electrons. The van der Waals surface area contributed by atoms with Crippen molar-refractivity contribution in [1.29, 1.82) is 0 Å². The van der Waals surface area contributed by atoms with Crippen molar-refractivity contribution in [2.75, 3.05) is 26.7 Å². The Morgan fingerprint density at radius 1 is 1.27 bits per heavy atom. The van der Waals surface area contributed by atoms with Crippen molar-refractivity contribution in [2.24, 2.45) is 17.6 Å². The van der Waals surface area contributed by atoms with Gasteiger partial charge in [0.1, 0.15) is 0 Å². The van der Waals surface area contributed by atoms with Gasteiger partial charge >= 0.3 is 0 Å². The van der Waals surface area contributed by atoms with Gasteiger partial charge in [-0.1, -0.05) is 26.2 Å². The third kappa shape index (κ3) is 5.53. The highest BCUT2D eigenvalue weighted by Gasteiger charge is 2.16. The van der Waals surface area contributed by atoms with E-state index in [1.54, 1.807) is 0 Å². The number of hydrogen-bond acceptors (Lipinski definition) is 2. The Kier molecular flexibility index (Phi) is 6.26. The molecule has 0 aliphatic heterocycles. The van der Waals surface area contributed by atoms with Crippen molar-refractivity contribution in [3.05, 3.63) is 0 Å². The lowest BCUT2D eigenvalue weighted by molar-refractivity contribution is 0.210. The molecule has 15 heavy (non-hydrogen) atoms. The van der Waals surface area contributed by atoms with Crippen molar-refractivity contribution in [1.82, 2.24) is 4.90 Å². The van der Waals surface area contributed by atoms with Gasteiger partial charge in [-0.2, -0.15) is 0 Å². The average Bonchev–Trinajstić information content (AvgIpc) is 2.19. The largest absolute Gasteiger partial charge is 0.330 e. The van der Waals surface area contributed by atoms with Gasteiger partial charge < -0.3 is 10.6 Å². The first-order valence-electron chi connectivity index (χ1n) is 6.61. The minimum absolute atomic E-state index is 0.753. The minimum atomic E-state index is 0.753. The standard InChI is InChI=1S/C13H28N2/c1-12(8-9-14)10-15(2)11-13-6-4-3-5-7-13/h12-13H,3-11,14H2,1-2H3. The quantitative estimate of drug-likeness (QED) is 0.733. The molecule has 1 unspecified atom stereocenters. The van der Waals surface area contributed by atoms with Crippen LogP contribution in [0.1, 0.15) is 45.4 Å². The van der Waals surface area contributed by atoms with Gasteiger partial charge in [0.05, 0.1) is 0 Å². The van der Waals surface area contributed by atoms with E-state index in [2.05, 4.69) is 18.9 Å². The van der Waals surface area contributed by atoms with Crippen LogP contribution in [0, 0.1) is 11.8 Å². The van der Waals surface area contributed by atoms with E-state index >= 15 is 0 Å². The summed E-state index contributed by atoms with van der Waals surface area (Å²) in [5.41, 5.74) is 5.57. The van der Waals surface area contributed by atoms with E-state index in [-0.39, 0.29) is 0 Å². The first-order chi connectivity index (χ1) is 7.22. The van der Waals surface area contributed by atoms with E-state index in [0.29, 0.717) is 0 Å². The molecule has 0 heterocycles.